The van der Waals surface area contributed by atoms with Crippen molar-refractivity contribution in [3.05, 3.63) is 53.7 Å². The van der Waals surface area contributed by atoms with Gasteiger partial charge in [-0.1, -0.05) is 19.9 Å². The Morgan fingerprint density at radius 1 is 1.20 bits per heavy atom. The SMILES string of the molecule is CCNCc1occc1CN(CC)Cc1ccccn1. The van der Waals surface area contributed by atoms with E-state index in [4.69, 9.17) is 4.42 Å². The molecule has 0 aliphatic carbocycles. The van der Waals surface area contributed by atoms with Crippen LogP contribution in [0.3, 0.4) is 0 Å². The van der Waals surface area contributed by atoms with Crippen molar-refractivity contribution in [3.63, 3.8) is 0 Å². The molecule has 2 rings (SSSR count). The maximum absolute atomic E-state index is 5.56. The normalized spacial score (nSPS) is 11.2. The van der Waals surface area contributed by atoms with E-state index in [-0.39, 0.29) is 0 Å². The van der Waals surface area contributed by atoms with Gasteiger partial charge in [0.1, 0.15) is 5.76 Å². The van der Waals surface area contributed by atoms with Gasteiger partial charge in [0.2, 0.25) is 0 Å². The van der Waals surface area contributed by atoms with Crippen LogP contribution in [0.25, 0.3) is 0 Å². The average Bonchev–Trinajstić information content (AvgIpc) is 2.92. The lowest BCUT2D eigenvalue weighted by atomic mass is 10.2. The summed E-state index contributed by atoms with van der Waals surface area (Å²) in [6.07, 6.45) is 3.62. The molecule has 2 aromatic rings. The highest BCUT2D eigenvalue weighted by Crippen LogP contribution is 2.14. The fourth-order valence-corrected chi connectivity index (χ4v) is 2.14. The first-order valence-corrected chi connectivity index (χ1v) is 7.21. The van der Waals surface area contributed by atoms with Crippen LogP contribution in [0.2, 0.25) is 0 Å². The third-order valence-electron chi connectivity index (χ3n) is 3.33. The van der Waals surface area contributed by atoms with Crippen LogP contribution < -0.4 is 5.32 Å². The van der Waals surface area contributed by atoms with Crippen LogP contribution in [0.4, 0.5) is 0 Å². The van der Waals surface area contributed by atoms with Crippen molar-refractivity contribution in [2.75, 3.05) is 13.1 Å². The van der Waals surface area contributed by atoms with E-state index in [1.54, 1.807) is 6.26 Å². The molecule has 1 N–H and O–H groups in total. The summed E-state index contributed by atoms with van der Waals surface area (Å²) >= 11 is 0. The maximum atomic E-state index is 5.56. The highest BCUT2D eigenvalue weighted by molar-refractivity contribution is 5.17. The van der Waals surface area contributed by atoms with Crippen molar-refractivity contribution in [3.8, 4) is 0 Å². The average molecular weight is 273 g/mol. The maximum Gasteiger partial charge on any atom is 0.122 e. The molecule has 0 amide bonds. The quantitative estimate of drug-likeness (QED) is 0.803. The molecule has 0 spiro atoms. The molecule has 0 aromatic carbocycles. The summed E-state index contributed by atoms with van der Waals surface area (Å²) < 4.78 is 5.56. The Morgan fingerprint density at radius 3 is 2.80 bits per heavy atom. The van der Waals surface area contributed by atoms with Crippen LogP contribution in [0.5, 0.6) is 0 Å². The van der Waals surface area contributed by atoms with E-state index < -0.39 is 0 Å². The molecule has 4 heteroatoms. The van der Waals surface area contributed by atoms with Gasteiger partial charge >= 0.3 is 0 Å². The Balaban J connectivity index is 1.97. The number of pyridine rings is 1. The van der Waals surface area contributed by atoms with Crippen molar-refractivity contribution in [2.45, 2.75) is 33.5 Å². The van der Waals surface area contributed by atoms with E-state index in [0.717, 1.165) is 44.2 Å². The summed E-state index contributed by atoms with van der Waals surface area (Å²) in [4.78, 5) is 6.75. The molecular weight excluding hydrogens is 250 g/mol. The fourth-order valence-electron chi connectivity index (χ4n) is 2.14. The lowest BCUT2D eigenvalue weighted by Crippen LogP contribution is -2.23. The minimum absolute atomic E-state index is 0.792. The predicted molar refractivity (Wildman–Crippen MR) is 80.1 cm³/mol. The minimum atomic E-state index is 0.792. The van der Waals surface area contributed by atoms with Gasteiger partial charge in [-0.15, -0.1) is 0 Å². The summed E-state index contributed by atoms with van der Waals surface area (Å²) in [6, 6.07) is 8.11. The van der Waals surface area contributed by atoms with Gasteiger partial charge in [-0.25, -0.2) is 0 Å². The van der Waals surface area contributed by atoms with Crippen LogP contribution in [0.15, 0.2) is 41.1 Å². The lowest BCUT2D eigenvalue weighted by Gasteiger charge is -2.19. The molecule has 2 aromatic heterocycles. The molecule has 4 nitrogen and oxygen atoms in total. The van der Waals surface area contributed by atoms with Gasteiger partial charge < -0.3 is 9.73 Å². The molecule has 0 bridgehead atoms. The van der Waals surface area contributed by atoms with Gasteiger partial charge in [0.25, 0.3) is 0 Å². The highest BCUT2D eigenvalue weighted by atomic mass is 16.3. The van der Waals surface area contributed by atoms with Crippen LogP contribution in [0, 0.1) is 0 Å². The van der Waals surface area contributed by atoms with Crippen molar-refractivity contribution < 1.29 is 4.42 Å². The molecule has 0 saturated carbocycles. The Labute approximate surface area is 120 Å². The number of aromatic nitrogens is 1. The summed E-state index contributed by atoms with van der Waals surface area (Å²) in [5.74, 6) is 1.03. The number of furan rings is 1. The summed E-state index contributed by atoms with van der Waals surface area (Å²) in [5.41, 5.74) is 2.36. The Bertz CT molecular complexity index is 495. The molecule has 20 heavy (non-hydrogen) atoms. The van der Waals surface area contributed by atoms with Gasteiger partial charge in [0, 0.05) is 24.8 Å². The number of rotatable bonds is 8. The molecule has 0 atom stereocenters. The molecule has 0 unspecified atom stereocenters. The molecular formula is C16H23N3O. The van der Waals surface area contributed by atoms with Gasteiger partial charge in [0.15, 0.2) is 0 Å². The second-order valence-corrected chi connectivity index (χ2v) is 4.77. The minimum Gasteiger partial charge on any atom is -0.468 e. The van der Waals surface area contributed by atoms with E-state index >= 15 is 0 Å². The van der Waals surface area contributed by atoms with Crippen LogP contribution in [-0.2, 0) is 19.6 Å². The Kier molecular flexibility index (Phi) is 5.77. The van der Waals surface area contributed by atoms with Crippen LogP contribution in [0.1, 0.15) is 30.9 Å². The van der Waals surface area contributed by atoms with Crippen molar-refractivity contribution in [1.82, 2.24) is 15.2 Å². The fraction of sp³-hybridized carbons (Fsp3) is 0.438. The number of nitrogens with zero attached hydrogens (tertiary/aromatic N) is 2. The second-order valence-electron chi connectivity index (χ2n) is 4.77. The van der Waals surface area contributed by atoms with Crippen molar-refractivity contribution in [1.29, 1.82) is 0 Å². The number of nitrogens with one attached hydrogen (secondary N) is 1. The largest absolute Gasteiger partial charge is 0.468 e. The number of hydrogen-bond acceptors (Lipinski definition) is 4. The molecule has 108 valence electrons. The van der Waals surface area contributed by atoms with Gasteiger partial charge in [-0.2, -0.15) is 0 Å². The van der Waals surface area contributed by atoms with Crippen LogP contribution in [-0.4, -0.2) is 23.0 Å². The molecule has 0 radical (unpaired) electrons. The first kappa shape index (κ1) is 14.8. The first-order valence-electron chi connectivity index (χ1n) is 7.21. The first-order chi connectivity index (χ1) is 9.83. The van der Waals surface area contributed by atoms with Crippen molar-refractivity contribution >= 4 is 0 Å². The monoisotopic (exact) mass is 273 g/mol. The van der Waals surface area contributed by atoms with Gasteiger partial charge in [-0.05, 0) is 31.3 Å². The third kappa shape index (κ3) is 4.18. The molecule has 0 aliphatic heterocycles. The van der Waals surface area contributed by atoms with Crippen LogP contribution >= 0.6 is 0 Å². The molecule has 0 fully saturated rings. The number of hydrogen-bond donors (Lipinski definition) is 1. The highest BCUT2D eigenvalue weighted by Gasteiger charge is 2.11. The lowest BCUT2D eigenvalue weighted by molar-refractivity contribution is 0.265. The van der Waals surface area contributed by atoms with Gasteiger partial charge in [-0.3, -0.25) is 9.88 Å². The van der Waals surface area contributed by atoms with E-state index in [0.29, 0.717) is 0 Å². The predicted octanol–water partition coefficient (Wildman–Crippen LogP) is 2.81. The van der Waals surface area contributed by atoms with E-state index in [1.807, 2.05) is 18.3 Å². The second kappa shape index (κ2) is 7.82. The topological polar surface area (TPSA) is 41.3 Å². The zero-order chi connectivity index (χ0) is 14.2. The van der Waals surface area contributed by atoms with E-state index in [9.17, 15) is 0 Å². The third-order valence-corrected chi connectivity index (χ3v) is 3.33. The standard InChI is InChI=1S/C16H23N3O/c1-3-17-11-16-14(8-10-20-16)12-19(4-2)13-15-7-5-6-9-18-15/h5-10,17H,3-4,11-13H2,1-2H3. The molecule has 2 heterocycles. The Hall–Kier alpha value is -1.65. The summed E-state index contributed by atoms with van der Waals surface area (Å²) in [5, 5.41) is 3.31. The van der Waals surface area contributed by atoms with E-state index in [2.05, 4.69) is 41.2 Å². The van der Waals surface area contributed by atoms with Gasteiger partial charge in [0.05, 0.1) is 18.5 Å². The zero-order valence-corrected chi connectivity index (χ0v) is 12.3. The Morgan fingerprint density at radius 2 is 2.10 bits per heavy atom. The molecule has 0 aliphatic rings. The van der Waals surface area contributed by atoms with E-state index in [1.165, 1.54) is 5.56 Å². The van der Waals surface area contributed by atoms with Crippen molar-refractivity contribution in [2.24, 2.45) is 0 Å². The summed E-state index contributed by atoms with van der Waals surface area (Å²) in [7, 11) is 0. The summed E-state index contributed by atoms with van der Waals surface area (Å²) in [6.45, 7) is 8.76. The zero-order valence-electron chi connectivity index (χ0n) is 12.3. The molecule has 0 saturated heterocycles. The smallest absolute Gasteiger partial charge is 0.122 e.